The van der Waals surface area contributed by atoms with Crippen molar-refractivity contribution in [2.24, 2.45) is 0 Å². The first-order chi connectivity index (χ1) is 11.3. The van der Waals surface area contributed by atoms with Gasteiger partial charge in [0.25, 0.3) is 0 Å². The molecule has 0 aromatic heterocycles. The number of fused-ring (bicyclic) bond motifs is 1. The molecule has 0 N–H and O–H groups in total. The predicted molar refractivity (Wildman–Crippen MR) is 87.8 cm³/mol. The Morgan fingerprint density at radius 2 is 1.87 bits per heavy atom. The molecule has 1 heterocycles. The van der Waals surface area contributed by atoms with Crippen molar-refractivity contribution in [3.63, 3.8) is 0 Å². The topological polar surface area (TPSA) is 38.8 Å². The second kappa shape index (κ2) is 7.29. The van der Waals surface area contributed by atoms with Gasteiger partial charge in [-0.2, -0.15) is 0 Å². The highest BCUT2D eigenvalue weighted by molar-refractivity contribution is 5.68. The van der Waals surface area contributed by atoms with Crippen LogP contribution in [0.3, 0.4) is 0 Å². The third kappa shape index (κ3) is 3.54. The van der Waals surface area contributed by atoms with E-state index in [2.05, 4.69) is 6.07 Å². The summed E-state index contributed by atoms with van der Waals surface area (Å²) in [7, 11) is 0. The molecule has 1 amide bonds. The molecule has 4 heteroatoms. The molecule has 1 aliphatic heterocycles. The molecule has 0 radical (unpaired) electrons. The molecule has 1 unspecified atom stereocenters. The van der Waals surface area contributed by atoms with Gasteiger partial charge in [0.15, 0.2) is 6.23 Å². The average molecular weight is 311 g/mol. The first kappa shape index (κ1) is 15.6. The number of carbonyl (C=O) groups excluding carboxylic acids is 1. The molecule has 2 aromatic rings. The van der Waals surface area contributed by atoms with Gasteiger partial charge in [-0.05, 0) is 24.5 Å². The zero-order chi connectivity index (χ0) is 16.1. The Bertz CT molecular complexity index is 657. The second-order valence-corrected chi connectivity index (χ2v) is 5.49. The van der Waals surface area contributed by atoms with Crippen LogP contribution in [0.1, 0.15) is 29.8 Å². The zero-order valence-electron chi connectivity index (χ0n) is 13.3. The van der Waals surface area contributed by atoms with Crippen LogP contribution in [0.2, 0.25) is 0 Å². The van der Waals surface area contributed by atoms with Gasteiger partial charge in [-0.15, -0.1) is 0 Å². The van der Waals surface area contributed by atoms with Crippen LogP contribution < -0.4 is 0 Å². The summed E-state index contributed by atoms with van der Waals surface area (Å²) in [6.07, 6.45) is 0.121. The largest absolute Gasteiger partial charge is 0.444 e. The van der Waals surface area contributed by atoms with E-state index in [4.69, 9.17) is 9.47 Å². The van der Waals surface area contributed by atoms with E-state index in [1.807, 2.05) is 55.5 Å². The summed E-state index contributed by atoms with van der Waals surface area (Å²) in [5.74, 6) is 0. The van der Waals surface area contributed by atoms with Gasteiger partial charge in [-0.25, -0.2) is 4.79 Å². The number of ether oxygens (including phenoxy) is 2. The van der Waals surface area contributed by atoms with Crippen LogP contribution in [-0.4, -0.2) is 24.1 Å². The van der Waals surface area contributed by atoms with Crippen LogP contribution in [0.15, 0.2) is 54.6 Å². The Morgan fingerprint density at radius 1 is 1.13 bits per heavy atom. The maximum atomic E-state index is 12.5. The number of amides is 1. The maximum Gasteiger partial charge on any atom is 0.412 e. The number of carbonyl (C=O) groups is 1. The van der Waals surface area contributed by atoms with Crippen molar-refractivity contribution in [3.05, 3.63) is 71.3 Å². The lowest BCUT2D eigenvalue weighted by Crippen LogP contribution is -2.41. The van der Waals surface area contributed by atoms with Crippen LogP contribution in [-0.2, 0) is 22.5 Å². The lowest BCUT2D eigenvalue weighted by molar-refractivity contribution is -0.0582. The Morgan fingerprint density at radius 3 is 2.65 bits per heavy atom. The van der Waals surface area contributed by atoms with Gasteiger partial charge in [0.05, 0.1) is 0 Å². The van der Waals surface area contributed by atoms with Gasteiger partial charge in [-0.1, -0.05) is 54.6 Å². The predicted octanol–water partition coefficient (Wildman–Crippen LogP) is 3.92. The Balaban J connectivity index is 1.72. The summed E-state index contributed by atoms with van der Waals surface area (Å²) < 4.78 is 11.3. The molecule has 4 nitrogen and oxygen atoms in total. The molecule has 1 atom stereocenters. The summed E-state index contributed by atoms with van der Waals surface area (Å²) in [5, 5.41) is 0. The van der Waals surface area contributed by atoms with Crippen LogP contribution in [0.4, 0.5) is 4.79 Å². The van der Waals surface area contributed by atoms with E-state index in [-0.39, 0.29) is 18.9 Å². The highest BCUT2D eigenvalue weighted by atomic mass is 16.6. The SMILES string of the molecule is CCOC1c2ccccc2CCN1C(=O)OCc1ccccc1. The fraction of sp³-hybridized carbons (Fsp3) is 0.316. The monoisotopic (exact) mass is 311 g/mol. The van der Waals surface area contributed by atoms with Crippen molar-refractivity contribution in [1.82, 2.24) is 4.90 Å². The molecule has 0 bridgehead atoms. The molecule has 0 saturated heterocycles. The Labute approximate surface area is 136 Å². The molecule has 0 aliphatic carbocycles. The summed E-state index contributed by atoms with van der Waals surface area (Å²) in [6.45, 7) is 3.36. The standard InChI is InChI=1S/C19H21NO3/c1-2-22-18-17-11-7-6-10-16(17)12-13-20(18)19(21)23-14-15-8-4-3-5-9-15/h3-11,18H,2,12-14H2,1H3. The summed E-state index contributed by atoms with van der Waals surface area (Å²) >= 11 is 0. The Hall–Kier alpha value is -2.33. The van der Waals surface area contributed by atoms with Crippen molar-refractivity contribution in [3.8, 4) is 0 Å². The van der Waals surface area contributed by atoms with Gasteiger partial charge < -0.3 is 9.47 Å². The van der Waals surface area contributed by atoms with Crippen LogP contribution in [0, 0.1) is 0 Å². The van der Waals surface area contributed by atoms with Gasteiger partial charge in [0.2, 0.25) is 0 Å². The molecule has 0 fully saturated rings. The zero-order valence-corrected chi connectivity index (χ0v) is 13.3. The van der Waals surface area contributed by atoms with Crippen molar-refractivity contribution in [1.29, 1.82) is 0 Å². The number of rotatable bonds is 4. The van der Waals surface area contributed by atoms with E-state index in [1.54, 1.807) is 4.90 Å². The van der Waals surface area contributed by atoms with Crippen LogP contribution >= 0.6 is 0 Å². The van der Waals surface area contributed by atoms with E-state index in [0.29, 0.717) is 13.2 Å². The highest BCUT2D eigenvalue weighted by Gasteiger charge is 2.32. The molecule has 0 spiro atoms. The molecular weight excluding hydrogens is 290 g/mol. The summed E-state index contributed by atoms with van der Waals surface area (Å²) in [4.78, 5) is 14.2. The number of benzene rings is 2. The van der Waals surface area contributed by atoms with E-state index < -0.39 is 0 Å². The lowest BCUT2D eigenvalue weighted by Gasteiger charge is -2.36. The normalized spacial score (nSPS) is 16.7. The fourth-order valence-electron chi connectivity index (χ4n) is 2.86. The molecular formula is C19H21NO3. The molecule has 1 aliphatic rings. The highest BCUT2D eigenvalue weighted by Crippen LogP contribution is 2.31. The van der Waals surface area contributed by atoms with Gasteiger partial charge in [0.1, 0.15) is 6.61 Å². The quantitative estimate of drug-likeness (QED) is 0.859. The lowest BCUT2D eigenvalue weighted by atomic mass is 9.98. The third-order valence-corrected chi connectivity index (χ3v) is 3.99. The van der Waals surface area contributed by atoms with E-state index in [9.17, 15) is 4.79 Å². The maximum absolute atomic E-state index is 12.5. The van der Waals surface area contributed by atoms with Gasteiger partial charge in [0, 0.05) is 18.7 Å². The average Bonchev–Trinajstić information content (AvgIpc) is 2.61. The minimum absolute atomic E-state index is 0.274. The third-order valence-electron chi connectivity index (χ3n) is 3.99. The van der Waals surface area contributed by atoms with Gasteiger partial charge >= 0.3 is 6.09 Å². The molecule has 23 heavy (non-hydrogen) atoms. The number of hydrogen-bond acceptors (Lipinski definition) is 3. The Kier molecular flexibility index (Phi) is 4.93. The van der Waals surface area contributed by atoms with E-state index in [0.717, 1.165) is 17.5 Å². The minimum atomic E-state index is -0.367. The molecule has 3 rings (SSSR count). The van der Waals surface area contributed by atoms with Gasteiger partial charge in [-0.3, -0.25) is 4.90 Å². The number of hydrogen-bond donors (Lipinski definition) is 0. The minimum Gasteiger partial charge on any atom is -0.444 e. The molecule has 0 saturated carbocycles. The first-order valence-corrected chi connectivity index (χ1v) is 7.96. The van der Waals surface area contributed by atoms with E-state index in [1.165, 1.54) is 5.56 Å². The van der Waals surface area contributed by atoms with Crippen molar-refractivity contribution in [2.45, 2.75) is 26.2 Å². The molecule has 120 valence electrons. The molecule has 2 aromatic carbocycles. The summed E-state index contributed by atoms with van der Waals surface area (Å²) in [6, 6.07) is 17.8. The van der Waals surface area contributed by atoms with Crippen molar-refractivity contribution >= 4 is 6.09 Å². The van der Waals surface area contributed by atoms with Crippen molar-refractivity contribution < 1.29 is 14.3 Å². The number of nitrogens with zero attached hydrogens (tertiary/aromatic N) is 1. The van der Waals surface area contributed by atoms with Crippen LogP contribution in [0.25, 0.3) is 0 Å². The fourth-order valence-corrected chi connectivity index (χ4v) is 2.86. The summed E-state index contributed by atoms with van der Waals surface area (Å²) in [5.41, 5.74) is 3.27. The van der Waals surface area contributed by atoms with E-state index >= 15 is 0 Å². The smallest absolute Gasteiger partial charge is 0.412 e. The second-order valence-electron chi connectivity index (χ2n) is 5.49. The first-order valence-electron chi connectivity index (χ1n) is 7.96. The van der Waals surface area contributed by atoms with Crippen LogP contribution in [0.5, 0.6) is 0 Å². The van der Waals surface area contributed by atoms with Crippen molar-refractivity contribution in [2.75, 3.05) is 13.2 Å².